The molecule has 1 aromatic carbocycles. The van der Waals surface area contributed by atoms with Crippen LogP contribution in [0.15, 0.2) is 30.5 Å². The smallest absolute Gasteiger partial charge is 0.243 e. The second-order valence-electron chi connectivity index (χ2n) is 20.8. The van der Waals surface area contributed by atoms with E-state index in [0.717, 1.165) is 22.9 Å². The van der Waals surface area contributed by atoms with E-state index in [-0.39, 0.29) is 62.2 Å². The largest absolute Gasteiger partial charge is 0.368 e. The van der Waals surface area contributed by atoms with Crippen LogP contribution in [0.5, 0.6) is 0 Å². The van der Waals surface area contributed by atoms with Crippen LogP contribution in [0.2, 0.25) is 0 Å². The third kappa shape index (κ3) is 21.8. The molecule has 1 aromatic heterocycles. The number of fused-ring (bicyclic) bond motifs is 1. The number of hydrogen-bond donors (Lipinski definition) is 13. The molecule has 0 spiro atoms. The van der Waals surface area contributed by atoms with Gasteiger partial charge in [-0.1, -0.05) is 59.7 Å². The quantitative estimate of drug-likeness (QED) is 0.0428. The summed E-state index contributed by atoms with van der Waals surface area (Å²) >= 11 is 0. The molecule has 410 valence electrons. The minimum Gasteiger partial charge on any atom is -0.368 e. The molecule has 0 bridgehead atoms. The van der Waals surface area contributed by atoms with Crippen molar-refractivity contribution in [3.8, 4) is 0 Å². The monoisotopic (exact) mass is 1020 g/mol. The molecule has 1 fully saturated rings. The molecule has 3 rings (SSSR count). The molecule has 73 heavy (non-hydrogen) atoms. The van der Waals surface area contributed by atoms with Gasteiger partial charge in [-0.05, 0) is 145 Å². The van der Waals surface area contributed by atoms with Crippen molar-refractivity contribution >= 4 is 58.2 Å². The van der Waals surface area contributed by atoms with Gasteiger partial charge in [-0.15, -0.1) is 0 Å². The second-order valence-corrected chi connectivity index (χ2v) is 20.8. The summed E-state index contributed by atoms with van der Waals surface area (Å²) in [5.41, 5.74) is 24.7. The number of carbonyl (C=O) groups excluding carboxylic acids is 8. The molecule has 8 amide bonds. The highest BCUT2D eigenvalue weighted by molar-refractivity contribution is 5.98. The second kappa shape index (κ2) is 32.5. The summed E-state index contributed by atoms with van der Waals surface area (Å²) in [7, 11) is 0. The molecule has 8 atom stereocenters. The molecule has 21 nitrogen and oxygen atoms in total. The first-order chi connectivity index (χ1) is 34.8. The van der Waals surface area contributed by atoms with Gasteiger partial charge in [0.1, 0.15) is 42.3 Å². The lowest BCUT2D eigenvalue weighted by atomic mass is 9.99. The molecule has 1 aliphatic heterocycles. The number of benzene rings is 1. The summed E-state index contributed by atoms with van der Waals surface area (Å²) < 4.78 is 0. The number of aromatic amines is 1. The fourth-order valence-electron chi connectivity index (χ4n) is 8.95. The summed E-state index contributed by atoms with van der Waals surface area (Å²) in [6, 6.07) is -0.465. The summed E-state index contributed by atoms with van der Waals surface area (Å²) in [4.78, 5) is 114. The van der Waals surface area contributed by atoms with Gasteiger partial charge in [-0.2, -0.15) is 0 Å². The van der Waals surface area contributed by atoms with Crippen molar-refractivity contribution in [2.45, 2.75) is 186 Å². The first kappa shape index (κ1) is 61.7. The predicted molar refractivity (Wildman–Crippen MR) is 283 cm³/mol. The van der Waals surface area contributed by atoms with E-state index in [1.165, 1.54) is 0 Å². The Labute approximate surface area is 431 Å². The summed E-state index contributed by atoms with van der Waals surface area (Å²) in [6.07, 6.45) is 7.67. The third-order valence-electron chi connectivity index (χ3n) is 12.9. The number of aromatic nitrogens is 1. The van der Waals surface area contributed by atoms with Crippen molar-refractivity contribution in [3.63, 3.8) is 0 Å². The zero-order valence-corrected chi connectivity index (χ0v) is 44.2. The van der Waals surface area contributed by atoms with Gasteiger partial charge in [0.15, 0.2) is 0 Å². The van der Waals surface area contributed by atoms with Gasteiger partial charge in [0.25, 0.3) is 0 Å². The van der Waals surface area contributed by atoms with E-state index in [1.54, 1.807) is 6.20 Å². The van der Waals surface area contributed by atoms with Crippen molar-refractivity contribution in [1.29, 1.82) is 0 Å². The van der Waals surface area contributed by atoms with E-state index >= 15 is 0 Å². The Morgan fingerprint density at radius 2 is 0.932 bits per heavy atom. The van der Waals surface area contributed by atoms with Crippen LogP contribution in [0.1, 0.15) is 137 Å². The molecule has 1 aliphatic rings. The number of carbonyl (C=O) groups is 8. The zero-order valence-electron chi connectivity index (χ0n) is 44.2. The highest BCUT2D eigenvalue weighted by Crippen LogP contribution is 2.20. The van der Waals surface area contributed by atoms with E-state index in [0.29, 0.717) is 77.5 Å². The highest BCUT2D eigenvalue weighted by Gasteiger charge is 2.35. The SMILES string of the molecule is CC(C)C[C@H](NC(=O)[C@H](CCCCN)NC(=O)[C@H](CC(C)C)NC(=O)[C@H](CCCCN)NC(=O)[C@H](CC(C)C)NC(=O)[C@H](CCCCN)NC(=O)[C@H](Cc1c[nH]c2ccccc12)NC(=O)[C@@H]1CCCN1)C(N)=O. The van der Waals surface area contributed by atoms with E-state index in [4.69, 9.17) is 22.9 Å². The van der Waals surface area contributed by atoms with Gasteiger partial charge in [0, 0.05) is 23.5 Å². The molecular formula is C52H89N13O8. The number of unbranched alkanes of at least 4 members (excludes halogenated alkanes) is 3. The predicted octanol–water partition coefficient (Wildman–Crippen LogP) is 0.867. The summed E-state index contributed by atoms with van der Waals surface area (Å²) in [6.45, 7) is 13.0. The maximum Gasteiger partial charge on any atom is 0.243 e. The van der Waals surface area contributed by atoms with Gasteiger partial charge < -0.3 is 70.5 Å². The maximum atomic E-state index is 14.4. The lowest BCUT2D eigenvalue weighted by Gasteiger charge is -2.29. The van der Waals surface area contributed by atoms with Crippen LogP contribution in [0.25, 0.3) is 10.9 Å². The van der Waals surface area contributed by atoms with E-state index < -0.39 is 89.7 Å². The first-order valence-corrected chi connectivity index (χ1v) is 26.6. The molecule has 0 saturated carbocycles. The van der Waals surface area contributed by atoms with Crippen LogP contribution in [0, 0.1) is 17.8 Å². The van der Waals surface area contributed by atoms with Crippen molar-refractivity contribution in [2.75, 3.05) is 26.2 Å². The van der Waals surface area contributed by atoms with E-state index in [2.05, 4.69) is 47.5 Å². The third-order valence-corrected chi connectivity index (χ3v) is 12.9. The Bertz CT molecular complexity index is 2070. The Morgan fingerprint density at radius 3 is 1.34 bits per heavy atom. The standard InChI is InChI=1S/C52H89N13O8/c1-31(2)26-41(45(56)66)62-47(68)38(18-9-12-22-53)59-50(71)42(27-32(3)4)63-48(69)39(19-10-13-23-54)60-51(72)43(28-33(5)6)64-49(70)40(20-11-14-24-55)61-52(73)44(65-46(67)37-21-15-25-57-37)29-34-30-58-36-17-8-7-16-35(34)36/h7-8,16-17,30-33,37-44,57-58H,9-15,18-29,53-55H2,1-6H3,(H2,56,66)(H,59,71)(H,60,72)(H,61,73)(H,62,68)(H,63,69)(H,64,70)(H,65,67)/t37-,38-,39-,40-,41-,42-,43-,44-/m0/s1. The molecule has 0 radical (unpaired) electrons. The molecule has 2 aromatic rings. The number of amides is 8. The van der Waals surface area contributed by atoms with Crippen LogP contribution < -0.4 is 65.5 Å². The van der Waals surface area contributed by atoms with Gasteiger partial charge in [0.2, 0.25) is 47.3 Å². The fraction of sp³-hybridized carbons (Fsp3) is 0.692. The number of para-hydroxylation sites is 1. The number of nitrogens with one attached hydrogen (secondary N) is 9. The van der Waals surface area contributed by atoms with Crippen molar-refractivity contribution in [1.82, 2.24) is 47.5 Å². The molecule has 17 N–H and O–H groups in total. The Kier molecular flexibility index (Phi) is 27.5. The molecule has 21 heteroatoms. The molecule has 1 saturated heterocycles. The Hall–Kier alpha value is -5.64. The van der Waals surface area contributed by atoms with E-state index in [1.807, 2.05) is 65.8 Å². The van der Waals surface area contributed by atoms with Crippen molar-refractivity contribution in [3.05, 3.63) is 36.0 Å². The lowest BCUT2D eigenvalue weighted by Crippen LogP contribution is -2.60. The minimum absolute atomic E-state index is 0.0427. The van der Waals surface area contributed by atoms with Crippen LogP contribution in [-0.2, 0) is 44.8 Å². The minimum atomic E-state index is -1.16. The normalized spacial score (nSPS) is 16.5. The Balaban J connectivity index is 1.88. The van der Waals surface area contributed by atoms with Crippen molar-refractivity contribution < 1.29 is 38.4 Å². The number of hydrogen-bond acceptors (Lipinski definition) is 12. The van der Waals surface area contributed by atoms with Gasteiger partial charge in [0.05, 0.1) is 6.04 Å². The first-order valence-electron chi connectivity index (χ1n) is 26.6. The molecular weight excluding hydrogens is 935 g/mol. The van der Waals surface area contributed by atoms with Crippen LogP contribution in [0.3, 0.4) is 0 Å². The molecule has 0 aliphatic carbocycles. The number of primary amides is 1. The molecule has 2 heterocycles. The zero-order chi connectivity index (χ0) is 54.0. The highest BCUT2D eigenvalue weighted by atomic mass is 16.2. The van der Waals surface area contributed by atoms with Gasteiger partial charge in [-0.3, -0.25) is 38.4 Å². The lowest BCUT2D eigenvalue weighted by molar-refractivity contribution is -0.136. The Morgan fingerprint density at radius 1 is 0.534 bits per heavy atom. The summed E-state index contributed by atoms with van der Waals surface area (Å²) in [5, 5.41) is 23.9. The average molecular weight is 1020 g/mol. The van der Waals surface area contributed by atoms with E-state index in [9.17, 15) is 38.4 Å². The van der Waals surface area contributed by atoms with Gasteiger partial charge in [-0.25, -0.2) is 0 Å². The average Bonchev–Trinajstić information content (AvgIpc) is 4.03. The van der Waals surface area contributed by atoms with Crippen molar-refractivity contribution in [2.24, 2.45) is 40.7 Å². The number of rotatable bonds is 35. The maximum absolute atomic E-state index is 14.4. The van der Waals surface area contributed by atoms with Crippen LogP contribution in [-0.4, -0.2) is 127 Å². The van der Waals surface area contributed by atoms with Gasteiger partial charge >= 0.3 is 0 Å². The van der Waals surface area contributed by atoms with Crippen LogP contribution in [0.4, 0.5) is 0 Å². The van der Waals surface area contributed by atoms with Crippen LogP contribution >= 0.6 is 0 Å². The number of H-pyrrole nitrogens is 1. The summed E-state index contributed by atoms with van der Waals surface area (Å²) in [5.74, 6) is -4.91. The number of nitrogens with two attached hydrogens (primary N) is 4. The fourth-order valence-corrected chi connectivity index (χ4v) is 8.95. The topological polar surface area (TPSA) is 353 Å². The molecule has 0 unspecified atom stereocenters.